The van der Waals surface area contributed by atoms with Crippen LogP contribution in [0.4, 0.5) is 4.39 Å². The standard InChI is InChI=1S/C25H29FN2O6/c1-14-20(32-2)10-15(11-21(14)33-3)24(29)22(34-16-6-4-5-7-16)13-28-12-18-19(26)9-8-17(25(30)31)23(18)27-28/h8-12,16,22,24,29H,4-7,13H2,1-3H3,(H,30,31). The Morgan fingerprint density at radius 3 is 2.44 bits per heavy atom. The Balaban J connectivity index is 1.70. The molecule has 0 aliphatic heterocycles. The summed E-state index contributed by atoms with van der Waals surface area (Å²) >= 11 is 0. The smallest absolute Gasteiger partial charge is 0.337 e. The minimum absolute atomic E-state index is 0.00909. The highest BCUT2D eigenvalue weighted by Gasteiger charge is 2.29. The fourth-order valence-electron chi connectivity index (χ4n) is 4.55. The second kappa shape index (κ2) is 9.99. The van der Waals surface area contributed by atoms with Crippen LogP contribution in [0.25, 0.3) is 10.9 Å². The van der Waals surface area contributed by atoms with E-state index >= 15 is 0 Å². The summed E-state index contributed by atoms with van der Waals surface area (Å²) in [6.07, 6.45) is 3.56. The lowest BCUT2D eigenvalue weighted by atomic mass is 10.0. The van der Waals surface area contributed by atoms with Crippen molar-refractivity contribution < 1.29 is 33.6 Å². The van der Waals surface area contributed by atoms with Crippen LogP contribution in [0, 0.1) is 12.7 Å². The monoisotopic (exact) mass is 472 g/mol. The van der Waals surface area contributed by atoms with Crippen LogP contribution in [0.15, 0.2) is 30.5 Å². The van der Waals surface area contributed by atoms with Gasteiger partial charge in [0.15, 0.2) is 0 Å². The van der Waals surface area contributed by atoms with Gasteiger partial charge < -0.3 is 24.4 Å². The lowest BCUT2D eigenvalue weighted by Gasteiger charge is -2.27. The Bertz CT molecular complexity index is 1160. The molecule has 1 heterocycles. The van der Waals surface area contributed by atoms with Crippen molar-refractivity contribution in [3.63, 3.8) is 0 Å². The quantitative estimate of drug-likeness (QED) is 0.480. The van der Waals surface area contributed by atoms with E-state index in [2.05, 4.69) is 5.10 Å². The van der Waals surface area contributed by atoms with Gasteiger partial charge in [-0.3, -0.25) is 4.68 Å². The van der Waals surface area contributed by atoms with Gasteiger partial charge in [-0.1, -0.05) is 12.8 Å². The number of aromatic carboxylic acids is 1. The Morgan fingerprint density at radius 1 is 1.21 bits per heavy atom. The number of aliphatic hydroxyl groups excluding tert-OH is 1. The van der Waals surface area contributed by atoms with E-state index in [1.165, 1.54) is 16.9 Å². The number of carboxylic acids is 1. The van der Waals surface area contributed by atoms with E-state index in [9.17, 15) is 19.4 Å². The Hall–Kier alpha value is -3.17. The van der Waals surface area contributed by atoms with E-state index in [-0.39, 0.29) is 29.1 Å². The summed E-state index contributed by atoms with van der Waals surface area (Å²) in [6.45, 7) is 1.97. The van der Waals surface area contributed by atoms with E-state index < -0.39 is 24.0 Å². The fourth-order valence-corrected chi connectivity index (χ4v) is 4.55. The molecule has 2 N–H and O–H groups in total. The average molecular weight is 473 g/mol. The zero-order valence-corrected chi connectivity index (χ0v) is 19.5. The van der Waals surface area contributed by atoms with Crippen LogP contribution >= 0.6 is 0 Å². The molecular weight excluding hydrogens is 443 g/mol. The normalized spacial score (nSPS) is 16.0. The Labute approximate surface area is 196 Å². The molecule has 2 aromatic carbocycles. The first-order valence-electron chi connectivity index (χ1n) is 11.3. The molecule has 0 saturated heterocycles. The maximum atomic E-state index is 14.4. The zero-order valence-electron chi connectivity index (χ0n) is 19.5. The molecule has 4 rings (SSSR count). The molecule has 0 amide bonds. The van der Waals surface area contributed by atoms with Gasteiger partial charge in [0.2, 0.25) is 0 Å². The van der Waals surface area contributed by atoms with Crippen LogP contribution in [0.5, 0.6) is 11.5 Å². The summed E-state index contributed by atoms with van der Waals surface area (Å²) in [7, 11) is 3.10. The number of carbonyl (C=O) groups is 1. The molecule has 0 spiro atoms. The molecule has 3 aromatic rings. The highest BCUT2D eigenvalue weighted by atomic mass is 19.1. The lowest BCUT2D eigenvalue weighted by molar-refractivity contribution is -0.0845. The van der Waals surface area contributed by atoms with Gasteiger partial charge in [-0.15, -0.1) is 0 Å². The molecule has 34 heavy (non-hydrogen) atoms. The first-order valence-corrected chi connectivity index (χ1v) is 11.3. The number of nitrogens with zero attached hydrogens (tertiary/aromatic N) is 2. The Kier molecular flexibility index (Phi) is 7.04. The molecule has 0 bridgehead atoms. The highest BCUT2D eigenvalue weighted by Crippen LogP contribution is 2.35. The molecule has 0 radical (unpaired) electrons. The summed E-state index contributed by atoms with van der Waals surface area (Å²) in [5, 5.41) is 25.2. The Morgan fingerprint density at radius 2 is 1.85 bits per heavy atom. The van der Waals surface area contributed by atoms with E-state index in [0.29, 0.717) is 17.1 Å². The van der Waals surface area contributed by atoms with Gasteiger partial charge in [0.25, 0.3) is 0 Å². The van der Waals surface area contributed by atoms with E-state index in [0.717, 1.165) is 37.3 Å². The highest BCUT2D eigenvalue weighted by molar-refractivity contribution is 6.01. The largest absolute Gasteiger partial charge is 0.496 e. The molecule has 1 aliphatic rings. The minimum Gasteiger partial charge on any atom is -0.496 e. The second-order valence-electron chi connectivity index (χ2n) is 8.59. The second-order valence-corrected chi connectivity index (χ2v) is 8.59. The van der Waals surface area contributed by atoms with Crippen molar-refractivity contribution in [3.8, 4) is 11.5 Å². The molecule has 1 fully saturated rings. The molecule has 2 atom stereocenters. The molecular formula is C25H29FN2O6. The summed E-state index contributed by atoms with van der Waals surface area (Å²) < 4.78 is 33.0. The summed E-state index contributed by atoms with van der Waals surface area (Å²) in [6, 6.07) is 5.80. The predicted octanol–water partition coefficient (Wildman–Crippen LogP) is 4.26. The van der Waals surface area contributed by atoms with Gasteiger partial charge in [0.1, 0.15) is 35.0 Å². The fraction of sp³-hybridized carbons (Fsp3) is 0.440. The minimum atomic E-state index is -1.19. The van der Waals surface area contributed by atoms with Gasteiger partial charge in [-0.2, -0.15) is 5.10 Å². The van der Waals surface area contributed by atoms with Crippen LogP contribution in [0.2, 0.25) is 0 Å². The van der Waals surface area contributed by atoms with Crippen molar-refractivity contribution in [2.45, 2.75) is 57.5 Å². The van der Waals surface area contributed by atoms with Crippen molar-refractivity contribution in [2.75, 3.05) is 14.2 Å². The third kappa shape index (κ3) is 4.71. The van der Waals surface area contributed by atoms with Crippen LogP contribution in [-0.2, 0) is 11.3 Å². The molecule has 9 heteroatoms. The van der Waals surface area contributed by atoms with Gasteiger partial charge in [0, 0.05) is 11.8 Å². The zero-order chi connectivity index (χ0) is 24.4. The van der Waals surface area contributed by atoms with Crippen LogP contribution in [0.3, 0.4) is 0 Å². The number of carboxylic acid groups (broad SMARTS) is 1. The third-order valence-corrected chi connectivity index (χ3v) is 6.41. The number of ether oxygens (including phenoxy) is 3. The molecule has 182 valence electrons. The number of aromatic nitrogens is 2. The van der Waals surface area contributed by atoms with Crippen molar-refractivity contribution in [1.82, 2.24) is 9.78 Å². The van der Waals surface area contributed by atoms with Crippen LogP contribution < -0.4 is 9.47 Å². The van der Waals surface area contributed by atoms with Crippen LogP contribution in [0.1, 0.15) is 53.3 Å². The summed E-state index contributed by atoms with van der Waals surface area (Å²) in [4.78, 5) is 11.6. The van der Waals surface area contributed by atoms with Crippen molar-refractivity contribution in [3.05, 3.63) is 53.0 Å². The van der Waals surface area contributed by atoms with Crippen molar-refractivity contribution in [1.29, 1.82) is 0 Å². The first kappa shape index (κ1) is 24.0. The van der Waals surface area contributed by atoms with Gasteiger partial charge >= 0.3 is 5.97 Å². The lowest BCUT2D eigenvalue weighted by Crippen LogP contribution is -2.31. The van der Waals surface area contributed by atoms with Crippen LogP contribution in [-0.4, -0.2) is 52.4 Å². The maximum Gasteiger partial charge on any atom is 0.337 e. The van der Waals surface area contributed by atoms with Gasteiger partial charge in [0.05, 0.1) is 37.8 Å². The molecule has 2 unspecified atom stereocenters. The predicted molar refractivity (Wildman–Crippen MR) is 123 cm³/mol. The van der Waals surface area contributed by atoms with E-state index in [4.69, 9.17) is 14.2 Å². The molecule has 8 nitrogen and oxygen atoms in total. The molecule has 1 saturated carbocycles. The number of rotatable bonds is 9. The summed E-state index contributed by atoms with van der Waals surface area (Å²) in [5.41, 5.74) is 1.33. The number of hydrogen-bond acceptors (Lipinski definition) is 6. The number of fused-ring (bicyclic) bond motifs is 1. The first-order chi connectivity index (χ1) is 16.3. The average Bonchev–Trinajstić information content (AvgIpc) is 3.48. The van der Waals surface area contributed by atoms with E-state index in [1.54, 1.807) is 26.4 Å². The number of aliphatic hydroxyl groups is 1. The number of halogens is 1. The van der Waals surface area contributed by atoms with Gasteiger partial charge in [-0.05, 0) is 49.6 Å². The van der Waals surface area contributed by atoms with Gasteiger partial charge in [-0.25, -0.2) is 9.18 Å². The maximum absolute atomic E-state index is 14.4. The SMILES string of the molecule is COc1cc(C(O)C(Cn2cc3c(F)ccc(C(=O)O)c3n2)OC2CCCC2)cc(OC)c1C. The topological polar surface area (TPSA) is 103 Å². The van der Waals surface area contributed by atoms with E-state index in [1.807, 2.05) is 6.92 Å². The third-order valence-electron chi connectivity index (χ3n) is 6.41. The van der Waals surface area contributed by atoms with Crippen molar-refractivity contribution >= 4 is 16.9 Å². The number of hydrogen-bond donors (Lipinski definition) is 2. The summed E-state index contributed by atoms with van der Waals surface area (Å²) in [5.74, 6) is -0.599. The number of benzene rings is 2. The van der Waals surface area contributed by atoms with Crippen molar-refractivity contribution in [2.24, 2.45) is 0 Å². The number of methoxy groups -OCH3 is 2. The molecule has 1 aliphatic carbocycles. The molecule has 1 aromatic heterocycles.